The van der Waals surface area contributed by atoms with Crippen LogP contribution in [0.15, 0.2) is 18.3 Å². The number of likely N-dealkylation sites (tertiary alicyclic amines) is 1. The van der Waals surface area contributed by atoms with E-state index in [0.29, 0.717) is 34.8 Å². The van der Waals surface area contributed by atoms with Crippen molar-refractivity contribution in [2.45, 2.75) is 51.2 Å². The van der Waals surface area contributed by atoms with E-state index in [1.807, 2.05) is 20.8 Å². The number of nitrogens with zero attached hydrogens (tertiary/aromatic N) is 3. The van der Waals surface area contributed by atoms with E-state index < -0.39 is 5.60 Å². The van der Waals surface area contributed by atoms with Crippen LogP contribution in [-0.4, -0.2) is 58.8 Å². The van der Waals surface area contributed by atoms with Gasteiger partial charge in [0.05, 0.1) is 24.3 Å². The number of aromatic nitrogens is 2. The molecule has 2 aromatic heterocycles. The van der Waals surface area contributed by atoms with Gasteiger partial charge in [0.2, 0.25) is 5.88 Å². The summed E-state index contributed by atoms with van der Waals surface area (Å²) in [4.78, 5) is 23.0. The summed E-state index contributed by atoms with van der Waals surface area (Å²) in [5, 5.41) is 3.09. The molecule has 30 heavy (non-hydrogen) atoms. The number of pyridine rings is 2. The van der Waals surface area contributed by atoms with Gasteiger partial charge >= 0.3 is 6.09 Å². The van der Waals surface area contributed by atoms with E-state index in [2.05, 4.69) is 20.2 Å². The summed E-state index contributed by atoms with van der Waals surface area (Å²) in [7, 11) is 1.54. The number of piperidine rings is 1. The van der Waals surface area contributed by atoms with Crippen LogP contribution in [0, 0.1) is 11.7 Å². The molecule has 2 atom stereocenters. The normalized spacial score (nSPS) is 23.7. The van der Waals surface area contributed by atoms with E-state index in [1.165, 1.54) is 6.20 Å². The molecule has 1 aliphatic heterocycles. The van der Waals surface area contributed by atoms with Crippen molar-refractivity contribution in [3.05, 3.63) is 29.7 Å². The smallest absolute Gasteiger partial charge is 0.408 e. The van der Waals surface area contributed by atoms with Gasteiger partial charge in [0, 0.05) is 36.8 Å². The second-order valence-corrected chi connectivity index (χ2v) is 9.29. The Balaban J connectivity index is 1.37. The Morgan fingerprint density at radius 1 is 1.40 bits per heavy atom. The molecule has 1 saturated carbocycles. The van der Waals surface area contributed by atoms with E-state index in [1.54, 1.807) is 19.2 Å². The topological polar surface area (TPSA) is 76.6 Å². The van der Waals surface area contributed by atoms with Crippen molar-refractivity contribution in [1.82, 2.24) is 20.2 Å². The molecule has 7 nitrogen and oxygen atoms in total. The fraction of sp³-hybridized carbons (Fsp3) is 0.591. The molecule has 8 heteroatoms. The van der Waals surface area contributed by atoms with Gasteiger partial charge in [-0.1, -0.05) is 0 Å². The molecule has 2 unspecified atom stereocenters. The van der Waals surface area contributed by atoms with Crippen molar-refractivity contribution in [1.29, 1.82) is 0 Å². The van der Waals surface area contributed by atoms with Gasteiger partial charge in [-0.05, 0) is 52.0 Å². The highest BCUT2D eigenvalue weighted by molar-refractivity contribution is 5.78. The highest BCUT2D eigenvalue weighted by atomic mass is 19.1. The molecule has 2 aliphatic rings. The molecular formula is C22H29FN4O3. The lowest BCUT2D eigenvalue weighted by atomic mass is 10.0. The van der Waals surface area contributed by atoms with Crippen LogP contribution in [0.2, 0.25) is 0 Å². The minimum absolute atomic E-state index is 0.137. The molecule has 0 aromatic carbocycles. The van der Waals surface area contributed by atoms with E-state index in [4.69, 9.17) is 9.47 Å². The van der Waals surface area contributed by atoms with Gasteiger partial charge in [-0.15, -0.1) is 0 Å². The zero-order valence-electron chi connectivity index (χ0n) is 18.0. The van der Waals surface area contributed by atoms with E-state index in [-0.39, 0.29) is 17.4 Å². The van der Waals surface area contributed by atoms with Gasteiger partial charge in [0.15, 0.2) is 0 Å². The van der Waals surface area contributed by atoms with Crippen molar-refractivity contribution in [3.63, 3.8) is 0 Å². The van der Waals surface area contributed by atoms with Crippen LogP contribution in [-0.2, 0) is 11.2 Å². The Labute approximate surface area is 176 Å². The summed E-state index contributed by atoms with van der Waals surface area (Å²) in [5.41, 5.74) is 1.15. The molecule has 162 valence electrons. The summed E-state index contributed by atoms with van der Waals surface area (Å²) >= 11 is 0. The predicted octanol–water partition coefficient (Wildman–Crippen LogP) is 3.31. The molecule has 0 bridgehead atoms. The first-order valence-electron chi connectivity index (χ1n) is 10.4. The van der Waals surface area contributed by atoms with Crippen LogP contribution >= 0.6 is 0 Å². The number of carbonyl (C=O) groups excluding carboxylic acids is 1. The fourth-order valence-electron chi connectivity index (χ4n) is 4.31. The predicted molar refractivity (Wildman–Crippen MR) is 111 cm³/mol. The molecule has 4 rings (SSSR count). The van der Waals surface area contributed by atoms with Gasteiger partial charge in [0.1, 0.15) is 11.4 Å². The van der Waals surface area contributed by atoms with Crippen LogP contribution in [0.3, 0.4) is 0 Å². The summed E-state index contributed by atoms with van der Waals surface area (Å²) in [6.45, 7) is 8.07. The summed E-state index contributed by atoms with van der Waals surface area (Å²) in [6.07, 6.45) is 3.31. The average Bonchev–Trinajstić information content (AvgIpc) is 3.37. The van der Waals surface area contributed by atoms with Crippen LogP contribution in [0.4, 0.5) is 9.18 Å². The van der Waals surface area contributed by atoms with E-state index in [9.17, 15) is 9.18 Å². The van der Waals surface area contributed by atoms with Gasteiger partial charge in [-0.3, -0.25) is 4.98 Å². The van der Waals surface area contributed by atoms with Crippen LogP contribution in [0.1, 0.15) is 39.2 Å². The molecule has 1 N–H and O–H groups in total. The number of amides is 1. The minimum Gasteiger partial charge on any atom is -0.481 e. The number of hydrogen-bond donors (Lipinski definition) is 1. The Hall–Kier alpha value is -2.48. The van der Waals surface area contributed by atoms with Crippen LogP contribution in [0.25, 0.3) is 11.0 Å². The Kier molecular flexibility index (Phi) is 5.30. The third kappa shape index (κ3) is 4.33. The molecule has 1 saturated heterocycles. The lowest BCUT2D eigenvalue weighted by Gasteiger charge is -2.32. The van der Waals surface area contributed by atoms with Gasteiger partial charge in [0.25, 0.3) is 0 Å². The molecule has 0 spiro atoms. The zero-order chi connectivity index (χ0) is 21.5. The molecule has 2 fully saturated rings. The Morgan fingerprint density at radius 3 is 2.90 bits per heavy atom. The summed E-state index contributed by atoms with van der Waals surface area (Å²) in [5.74, 6) is 0.522. The maximum atomic E-state index is 14.5. The molecule has 1 amide bonds. The first kappa shape index (κ1) is 20.8. The zero-order valence-corrected chi connectivity index (χ0v) is 18.0. The fourth-order valence-corrected chi connectivity index (χ4v) is 4.31. The van der Waals surface area contributed by atoms with E-state index in [0.717, 1.165) is 32.5 Å². The van der Waals surface area contributed by atoms with E-state index >= 15 is 0 Å². The first-order chi connectivity index (χ1) is 14.2. The number of alkyl carbamates (subject to hydrolysis) is 1. The maximum absolute atomic E-state index is 14.5. The molecule has 3 heterocycles. The van der Waals surface area contributed by atoms with Crippen molar-refractivity contribution >= 4 is 17.1 Å². The largest absolute Gasteiger partial charge is 0.481 e. The number of halogens is 1. The third-order valence-corrected chi connectivity index (χ3v) is 5.96. The number of rotatable bonds is 5. The number of nitrogens with one attached hydrogen (secondary N) is 1. The standard InChI is InChI=1S/C22H29FN4O3/c1-21(2,3)30-20(28)26-22-8-10-27(13-14(22)11-22)9-7-15-16(23)12-24-17-5-6-18(29-4)25-19(15)17/h5-6,12,14H,7-11,13H2,1-4H3,(H,26,28). The summed E-state index contributed by atoms with van der Waals surface area (Å²) in [6, 6.07) is 3.53. The Morgan fingerprint density at radius 2 is 2.20 bits per heavy atom. The molecular weight excluding hydrogens is 387 g/mol. The van der Waals surface area contributed by atoms with Gasteiger partial charge in [-0.25, -0.2) is 14.2 Å². The average molecular weight is 416 g/mol. The monoisotopic (exact) mass is 416 g/mol. The van der Waals surface area contributed by atoms with Gasteiger partial charge < -0.3 is 19.7 Å². The molecule has 0 radical (unpaired) electrons. The second kappa shape index (κ2) is 7.65. The second-order valence-electron chi connectivity index (χ2n) is 9.29. The third-order valence-electron chi connectivity index (χ3n) is 5.96. The van der Waals surface area contributed by atoms with Gasteiger partial charge in [-0.2, -0.15) is 0 Å². The van der Waals surface area contributed by atoms with Crippen molar-refractivity contribution in [2.24, 2.45) is 5.92 Å². The highest BCUT2D eigenvalue weighted by Gasteiger charge is 2.57. The van der Waals surface area contributed by atoms with Crippen molar-refractivity contribution in [2.75, 3.05) is 26.7 Å². The maximum Gasteiger partial charge on any atom is 0.408 e. The quantitative estimate of drug-likeness (QED) is 0.806. The number of fused-ring (bicyclic) bond motifs is 2. The number of hydrogen-bond acceptors (Lipinski definition) is 6. The number of ether oxygens (including phenoxy) is 2. The Bertz CT molecular complexity index is 961. The molecule has 1 aliphatic carbocycles. The minimum atomic E-state index is -0.500. The van der Waals surface area contributed by atoms with Crippen LogP contribution in [0.5, 0.6) is 5.88 Å². The van der Waals surface area contributed by atoms with Crippen molar-refractivity contribution in [3.8, 4) is 5.88 Å². The number of methoxy groups -OCH3 is 1. The lowest BCUT2D eigenvalue weighted by Crippen LogP contribution is -2.48. The summed E-state index contributed by atoms with van der Waals surface area (Å²) < 4.78 is 25.1. The van der Waals surface area contributed by atoms with Crippen LogP contribution < -0.4 is 10.1 Å². The highest BCUT2D eigenvalue weighted by Crippen LogP contribution is 2.49. The number of carbonyl (C=O) groups is 1. The lowest BCUT2D eigenvalue weighted by molar-refractivity contribution is 0.0467. The first-order valence-corrected chi connectivity index (χ1v) is 10.4. The van der Waals surface area contributed by atoms with Crippen molar-refractivity contribution < 1.29 is 18.7 Å². The SMILES string of the molecule is COc1ccc2ncc(F)c(CCN3CCC4(NC(=O)OC(C)(C)C)CC4C3)c2n1. The molecule has 2 aromatic rings.